The summed E-state index contributed by atoms with van der Waals surface area (Å²) in [5.74, 6) is 0.862. The van der Waals surface area contributed by atoms with Gasteiger partial charge in [-0.2, -0.15) is 4.68 Å². The second-order valence-corrected chi connectivity index (χ2v) is 3.78. The number of halogens is 2. The van der Waals surface area contributed by atoms with Gasteiger partial charge in [-0.05, 0) is 35.0 Å². The molecule has 1 aromatic carbocycles. The van der Waals surface area contributed by atoms with Crippen molar-refractivity contribution >= 4 is 23.2 Å². The Morgan fingerprint density at radius 2 is 2.20 bits per heavy atom. The van der Waals surface area contributed by atoms with Crippen molar-refractivity contribution in [2.24, 2.45) is 0 Å². The molecule has 0 spiro atoms. The van der Waals surface area contributed by atoms with Gasteiger partial charge in [0, 0.05) is 5.02 Å². The van der Waals surface area contributed by atoms with Crippen LogP contribution in [0.5, 0.6) is 0 Å². The van der Waals surface area contributed by atoms with Crippen molar-refractivity contribution < 1.29 is 0 Å². The van der Waals surface area contributed by atoms with E-state index in [2.05, 4.69) is 15.5 Å². The Labute approximate surface area is 96.8 Å². The van der Waals surface area contributed by atoms with E-state index in [0.717, 1.165) is 11.3 Å². The highest BCUT2D eigenvalue weighted by Crippen LogP contribution is 2.19. The largest absolute Gasteiger partial charge is 0.196 e. The summed E-state index contributed by atoms with van der Waals surface area (Å²) in [6.45, 7) is 1.96. The molecule has 4 nitrogen and oxygen atoms in total. The second-order valence-electron chi connectivity index (χ2n) is 3.07. The average molecular weight is 243 g/mol. The van der Waals surface area contributed by atoms with Crippen LogP contribution in [0.15, 0.2) is 18.2 Å². The molecule has 0 bridgehead atoms. The molecule has 6 heteroatoms. The highest BCUT2D eigenvalue weighted by molar-refractivity contribution is 6.30. The third-order valence-electron chi connectivity index (χ3n) is 2.05. The van der Waals surface area contributed by atoms with Crippen LogP contribution in [0.1, 0.15) is 11.4 Å². The van der Waals surface area contributed by atoms with Crippen molar-refractivity contribution in [1.29, 1.82) is 0 Å². The minimum Gasteiger partial charge on any atom is -0.196 e. The number of aryl methyl sites for hydroxylation is 1. The first-order chi connectivity index (χ1) is 7.22. The van der Waals surface area contributed by atoms with Gasteiger partial charge >= 0.3 is 0 Å². The van der Waals surface area contributed by atoms with Gasteiger partial charge in [0.15, 0.2) is 5.82 Å². The molecule has 0 radical (unpaired) electrons. The predicted molar refractivity (Wildman–Crippen MR) is 58.5 cm³/mol. The summed E-state index contributed by atoms with van der Waals surface area (Å²) in [4.78, 5) is 0. The van der Waals surface area contributed by atoms with Gasteiger partial charge < -0.3 is 0 Å². The lowest BCUT2D eigenvalue weighted by Crippen LogP contribution is -2.03. The zero-order chi connectivity index (χ0) is 10.8. The summed E-state index contributed by atoms with van der Waals surface area (Å²) >= 11 is 11.6. The number of hydrogen-bond donors (Lipinski definition) is 0. The standard InChI is InChI=1S/C9H8Cl2N4/c1-6-2-3-7(11)4-8(6)15-9(5-10)12-13-14-15/h2-4H,5H2,1H3. The fourth-order valence-electron chi connectivity index (χ4n) is 1.29. The maximum atomic E-state index is 5.91. The number of hydrogen-bond acceptors (Lipinski definition) is 3. The Morgan fingerprint density at radius 1 is 1.40 bits per heavy atom. The van der Waals surface area contributed by atoms with Crippen molar-refractivity contribution in [3.8, 4) is 5.69 Å². The monoisotopic (exact) mass is 242 g/mol. The molecule has 0 N–H and O–H groups in total. The van der Waals surface area contributed by atoms with Gasteiger partial charge in [-0.1, -0.05) is 17.7 Å². The van der Waals surface area contributed by atoms with Crippen LogP contribution in [-0.4, -0.2) is 20.2 Å². The van der Waals surface area contributed by atoms with Crippen LogP contribution in [0, 0.1) is 6.92 Å². The summed E-state index contributed by atoms with van der Waals surface area (Å²) in [7, 11) is 0. The first kappa shape index (κ1) is 10.4. The Kier molecular flexibility index (Phi) is 2.88. The fraction of sp³-hybridized carbons (Fsp3) is 0.222. The molecule has 0 aliphatic rings. The van der Waals surface area contributed by atoms with Crippen molar-refractivity contribution in [3.63, 3.8) is 0 Å². The van der Waals surface area contributed by atoms with Gasteiger partial charge in [0.25, 0.3) is 0 Å². The Bertz CT molecular complexity index is 481. The first-order valence-corrected chi connectivity index (χ1v) is 5.23. The summed E-state index contributed by atoms with van der Waals surface area (Å²) in [6, 6.07) is 5.55. The average Bonchev–Trinajstić information content (AvgIpc) is 2.69. The van der Waals surface area contributed by atoms with Crippen molar-refractivity contribution in [3.05, 3.63) is 34.6 Å². The highest BCUT2D eigenvalue weighted by atomic mass is 35.5. The Morgan fingerprint density at radius 3 is 2.93 bits per heavy atom. The van der Waals surface area contributed by atoms with Crippen LogP contribution in [0.3, 0.4) is 0 Å². The number of aromatic nitrogens is 4. The molecule has 0 saturated heterocycles. The third kappa shape index (κ3) is 1.96. The van der Waals surface area contributed by atoms with E-state index in [1.165, 1.54) is 0 Å². The Hall–Kier alpha value is -1.13. The van der Waals surface area contributed by atoms with Crippen LogP contribution < -0.4 is 0 Å². The SMILES string of the molecule is Cc1ccc(Cl)cc1-n1nnnc1CCl. The van der Waals surface area contributed by atoms with Gasteiger partial charge in [0.1, 0.15) is 0 Å². The van der Waals surface area contributed by atoms with E-state index in [-0.39, 0.29) is 5.88 Å². The molecule has 0 atom stereocenters. The van der Waals surface area contributed by atoms with Crippen LogP contribution in [0.25, 0.3) is 5.69 Å². The first-order valence-electron chi connectivity index (χ1n) is 4.32. The fourth-order valence-corrected chi connectivity index (χ4v) is 1.62. The van der Waals surface area contributed by atoms with Gasteiger partial charge in [-0.25, -0.2) is 0 Å². The quantitative estimate of drug-likeness (QED) is 0.760. The van der Waals surface area contributed by atoms with E-state index >= 15 is 0 Å². The molecule has 78 valence electrons. The smallest absolute Gasteiger partial charge is 0.171 e. The molecule has 0 fully saturated rings. The molecule has 0 aliphatic carbocycles. The lowest BCUT2D eigenvalue weighted by Gasteiger charge is -2.06. The molecular formula is C9H8Cl2N4. The molecule has 1 aromatic heterocycles. The van der Waals surface area contributed by atoms with Crippen molar-refractivity contribution in [2.75, 3.05) is 0 Å². The van der Waals surface area contributed by atoms with E-state index in [0.29, 0.717) is 10.8 Å². The predicted octanol–water partition coefficient (Wildman–Crippen LogP) is 2.36. The summed E-state index contributed by atoms with van der Waals surface area (Å²) in [6.07, 6.45) is 0. The number of benzene rings is 1. The lowest BCUT2D eigenvalue weighted by molar-refractivity contribution is 0.773. The van der Waals surface area contributed by atoms with Gasteiger partial charge in [-0.3, -0.25) is 0 Å². The maximum Gasteiger partial charge on any atom is 0.171 e. The molecule has 0 saturated carbocycles. The van der Waals surface area contributed by atoms with Crippen LogP contribution in [0.4, 0.5) is 0 Å². The van der Waals surface area contributed by atoms with Crippen molar-refractivity contribution in [2.45, 2.75) is 12.8 Å². The summed E-state index contributed by atoms with van der Waals surface area (Å²) in [5, 5.41) is 11.9. The second kappa shape index (κ2) is 4.16. The lowest BCUT2D eigenvalue weighted by atomic mass is 10.2. The molecule has 0 unspecified atom stereocenters. The summed E-state index contributed by atoms with van der Waals surface area (Å²) < 4.78 is 1.59. The molecule has 0 aliphatic heterocycles. The van der Waals surface area contributed by atoms with Crippen LogP contribution in [0.2, 0.25) is 5.02 Å². The van der Waals surface area contributed by atoms with Crippen molar-refractivity contribution in [1.82, 2.24) is 20.2 Å². The molecular weight excluding hydrogens is 235 g/mol. The zero-order valence-electron chi connectivity index (χ0n) is 7.98. The van der Waals surface area contributed by atoms with E-state index in [1.807, 2.05) is 25.1 Å². The number of tetrazole rings is 1. The molecule has 15 heavy (non-hydrogen) atoms. The molecule has 1 heterocycles. The molecule has 0 amide bonds. The third-order valence-corrected chi connectivity index (χ3v) is 2.53. The Balaban J connectivity index is 2.58. The van der Waals surface area contributed by atoms with Gasteiger partial charge in [0.2, 0.25) is 0 Å². The number of nitrogens with zero attached hydrogens (tertiary/aromatic N) is 4. The maximum absolute atomic E-state index is 5.91. The minimum absolute atomic E-state index is 0.263. The topological polar surface area (TPSA) is 43.6 Å². The number of rotatable bonds is 2. The normalized spacial score (nSPS) is 10.6. The minimum atomic E-state index is 0.263. The van der Waals surface area contributed by atoms with Gasteiger partial charge in [0.05, 0.1) is 11.6 Å². The van der Waals surface area contributed by atoms with Crippen LogP contribution in [-0.2, 0) is 5.88 Å². The number of alkyl halides is 1. The molecule has 2 rings (SSSR count). The molecule has 2 aromatic rings. The van der Waals surface area contributed by atoms with E-state index in [1.54, 1.807) is 4.68 Å². The van der Waals surface area contributed by atoms with E-state index in [9.17, 15) is 0 Å². The zero-order valence-corrected chi connectivity index (χ0v) is 9.50. The van der Waals surface area contributed by atoms with Gasteiger partial charge in [-0.15, -0.1) is 16.7 Å². The van der Waals surface area contributed by atoms with E-state index < -0.39 is 0 Å². The van der Waals surface area contributed by atoms with Crippen LogP contribution >= 0.6 is 23.2 Å². The highest BCUT2D eigenvalue weighted by Gasteiger charge is 2.09. The van der Waals surface area contributed by atoms with E-state index in [4.69, 9.17) is 23.2 Å². The summed E-state index contributed by atoms with van der Waals surface area (Å²) in [5.41, 5.74) is 1.89.